The lowest BCUT2D eigenvalue weighted by molar-refractivity contribution is 0.0527. The van der Waals surface area contributed by atoms with E-state index in [0.29, 0.717) is 11.3 Å². The smallest absolute Gasteiger partial charge is 0.341 e. The molecule has 1 N–H and O–H groups in total. The Labute approximate surface area is 137 Å². The summed E-state index contributed by atoms with van der Waals surface area (Å²) in [5, 5.41) is 3.14. The highest BCUT2D eigenvalue weighted by Crippen LogP contribution is 2.34. The van der Waals surface area contributed by atoms with E-state index in [0.717, 1.165) is 0 Å². The van der Waals surface area contributed by atoms with E-state index >= 15 is 0 Å². The van der Waals surface area contributed by atoms with Crippen LogP contribution in [0.5, 0.6) is 0 Å². The van der Waals surface area contributed by atoms with Crippen LogP contribution in [0.3, 0.4) is 0 Å². The van der Waals surface area contributed by atoms with E-state index in [-0.39, 0.29) is 33.9 Å². The van der Waals surface area contributed by atoms with Gasteiger partial charge in [-0.15, -0.1) is 0 Å². The second-order valence-electron chi connectivity index (χ2n) is 4.46. The Morgan fingerprint density at radius 1 is 1.41 bits per heavy atom. The first kappa shape index (κ1) is 16.5. The highest BCUT2D eigenvalue weighted by molar-refractivity contribution is 6.43. The number of aromatic nitrogens is 1. The van der Waals surface area contributed by atoms with Crippen LogP contribution in [-0.4, -0.2) is 17.6 Å². The first-order chi connectivity index (χ1) is 10.4. The molecule has 1 heterocycles. The third-order valence-electron chi connectivity index (χ3n) is 2.92. The van der Waals surface area contributed by atoms with Gasteiger partial charge in [-0.3, -0.25) is 0 Å². The molecule has 0 bridgehead atoms. The summed E-state index contributed by atoms with van der Waals surface area (Å²) in [5.41, 5.74) is 1.67. The average Bonchev–Trinajstić information content (AvgIpc) is 2.46. The number of nitrogens with zero attached hydrogens (tertiary/aromatic N) is 1. The number of carbonyl (C=O) groups is 1. The van der Waals surface area contributed by atoms with Crippen LogP contribution in [0.2, 0.25) is 10.2 Å². The van der Waals surface area contributed by atoms with Gasteiger partial charge in [-0.2, -0.15) is 0 Å². The van der Waals surface area contributed by atoms with E-state index in [1.54, 1.807) is 19.9 Å². The van der Waals surface area contributed by atoms with Crippen LogP contribution in [0, 0.1) is 12.7 Å². The van der Waals surface area contributed by atoms with E-state index in [9.17, 15) is 9.18 Å². The minimum absolute atomic E-state index is 0.0528. The predicted octanol–water partition coefficient (Wildman–Crippen LogP) is 4.76. The van der Waals surface area contributed by atoms with Crippen molar-refractivity contribution >= 4 is 40.5 Å². The molecule has 0 radical (unpaired) electrons. The Bertz CT molecular complexity index is 723. The number of rotatable bonds is 4. The number of esters is 1. The van der Waals surface area contributed by atoms with Gasteiger partial charge in [0.1, 0.15) is 21.6 Å². The molecule has 0 aliphatic carbocycles. The van der Waals surface area contributed by atoms with Crippen LogP contribution in [0.25, 0.3) is 0 Å². The van der Waals surface area contributed by atoms with Gasteiger partial charge in [0.25, 0.3) is 0 Å². The van der Waals surface area contributed by atoms with Crippen molar-refractivity contribution in [2.24, 2.45) is 0 Å². The van der Waals surface area contributed by atoms with Gasteiger partial charge in [-0.1, -0.05) is 23.2 Å². The van der Waals surface area contributed by atoms with Crippen molar-refractivity contribution in [3.63, 3.8) is 0 Å². The summed E-state index contributed by atoms with van der Waals surface area (Å²) >= 11 is 12.0. The third-order valence-corrected chi connectivity index (χ3v) is 3.67. The number of hydrogen-bond donors (Lipinski definition) is 1. The van der Waals surface area contributed by atoms with E-state index in [1.807, 2.05) is 0 Å². The van der Waals surface area contributed by atoms with Gasteiger partial charge in [0.2, 0.25) is 0 Å². The molecule has 0 saturated carbocycles. The Kier molecular flexibility index (Phi) is 5.21. The molecule has 7 heteroatoms. The minimum Gasteiger partial charge on any atom is -0.462 e. The molecule has 116 valence electrons. The zero-order chi connectivity index (χ0) is 16.3. The summed E-state index contributed by atoms with van der Waals surface area (Å²) in [6.07, 6.45) is 1.29. The molecule has 0 amide bonds. The monoisotopic (exact) mass is 342 g/mol. The van der Waals surface area contributed by atoms with Crippen LogP contribution in [0.15, 0.2) is 24.4 Å². The molecule has 0 saturated heterocycles. The summed E-state index contributed by atoms with van der Waals surface area (Å²) < 4.78 is 18.1. The molecule has 0 unspecified atom stereocenters. The number of anilines is 2. The van der Waals surface area contributed by atoms with Gasteiger partial charge in [0.05, 0.1) is 12.3 Å². The number of aryl methyl sites for hydroxylation is 1. The Morgan fingerprint density at radius 3 is 2.77 bits per heavy atom. The SMILES string of the molecule is CCOC(=O)c1cnc(Cl)c(Cl)c1Nc1ccc(F)cc1C. The molecule has 0 atom stereocenters. The van der Waals surface area contributed by atoms with Crippen LogP contribution in [0.4, 0.5) is 15.8 Å². The summed E-state index contributed by atoms with van der Waals surface area (Å²) in [6.45, 7) is 3.64. The van der Waals surface area contributed by atoms with Gasteiger partial charge in [0, 0.05) is 11.9 Å². The molecule has 0 aliphatic heterocycles. The van der Waals surface area contributed by atoms with Crippen molar-refractivity contribution in [1.29, 1.82) is 0 Å². The maximum atomic E-state index is 13.2. The number of pyridine rings is 1. The molecule has 2 aromatic rings. The Hall–Kier alpha value is -1.85. The lowest BCUT2D eigenvalue weighted by atomic mass is 10.1. The fourth-order valence-electron chi connectivity index (χ4n) is 1.85. The molecule has 0 spiro atoms. The summed E-state index contributed by atoms with van der Waals surface area (Å²) in [7, 11) is 0. The van der Waals surface area contributed by atoms with Crippen LogP contribution >= 0.6 is 23.2 Å². The zero-order valence-electron chi connectivity index (χ0n) is 11.9. The Balaban J connectivity index is 2.48. The second-order valence-corrected chi connectivity index (χ2v) is 5.19. The van der Waals surface area contributed by atoms with Crippen molar-refractivity contribution in [2.75, 3.05) is 11.9 Å². The number of ether oxygens (including phenoxy) is 1. The van der Waals surface area contributed by atoms with Crippen molar-refractivity contribution in [2.45, 2.75) is 13.8 Å². The lowest BCUT2D eigenvalue weighted by Gasteiger charge is -2.15. The third kappa shape index (κ3) is 3.48. The molecule has 0 aliphatic rings. The number of nitrogens with one attached hydrogen (secondary N) is 1. The van der Waals surface area contributed by atoms with Gasteiger partial charge in [-0.25, -0.2) is 14.2 Å². The molecule has 1 aromatic carbocycles. The fourth-order valence-corrected chi connectivity index (χ4v) is 2.19. The van der Waals surface area contributed by atoms with Gasteiger partial charge in [-0.05, 0) is 37.6 Å². The fraction of sp³-hybridized carbons (Fsp3) is 0.200. The van der Waals surface area contributed by atoms with Crippen molar-refractivity contribution in [3.8, 4) is 0 Å². The first-order valence-corrected chi connectivity index (χ1v) is 7.24. The number of carbonyl (C=O) groups excluding carboxylic acids is 1. The van der Waals surface area contributed by atoms with Crippen LogP contribution in [0.1, 0.15) is 22.8 Å². The zero-order valence-corrected chi connectivity index (χ0v) is 13.4. The average molecular weight is 343 g/mol. The van der Waals surface area contributed by atoms with E-state index in [4.69, 9.17) is 27.9 Å². The first-order valence-electron chi connectivity index (χ1n) is 6.48. The van der Waals surface area contributed by atoms with Crippen LogP contribution < -0.4 is 5.32 Å². The minimum atomic E-state index is -0.573. The quantitative estimate of drug-likeness (QED) is 0.643. The molecule has 2 rings (SSSR count). The van der Waals surface area contributed by atoms with Gasteiger partial charge >= 0.3 is 5.97 Å². The standard InChI is InChI=1S/C15H13Cl2FN2O2/c1-3-22-15(21)10-7-19-14(17)12(16)13(10)20-11-5-4-9(18)6-8(11)2/h4-7H,3H2,1-2H3,(H,19,20). The molecular weight excluding hydrogens is 330 g/mol. The Morgan fingerprint density at radius 2 is 2.14 bits per heavy atom. The normalized spacial score (nSPS) is 10.4. The molecular formula is C15H13Cl2FN2O2. The van der Waals surface area contributed by atoms with Gasteiger partial charge < -0.3 is 10.1 Å². The van der Waals surface area contributed by atoms with Crippen LogP contribution in [-0.2, 0) is 4.74 Å². The maximum Gasteiger partial charge on any atom is 0.341 e. The van der Waals surface area contributed by atoms with Gasteiger partial charge in [0.15, 0.2) is 0 Å². The highest BCUT2D eigenvalue weighted by atomic mass is 35.5. The van der Waals surface area contributed by atoms with Crippen molar-refractivity contribution in [1.82, 2.24) is 4.98 Å². The van der Waals surface area contributed by atoms with Crippen molar-refractivity contribution < 1.29 is 13.9 Å². The molecule has 4 nitrogen and oxygen atoms in total. The summed E-state index contributed by atoms with van der Waals surface area (Å²) in [6, 6.07) is 4.21. The number of hydrogen-bond acceptors (Lipinski definition) is 4. The molecule has 22 heavy (non-hydrogen) atoms. The highest BCUT2D eigenvalue weighted by Gasteiger charge is 2.19. The maximum absolute atomic E-state index is 13.2. The van der Waals surface area contributed by atoms with E-state index in [1.165, 1.54) is 18.3 Å². The number of halogens is 3. The van der Waals surface area contributed by atoms with E-state index < -0.39 is 5.97 Å². The van der Waals surface area contributed by atoms with E-state index in [2.05, 4.69) is 10.3 Å². The molecule has 0 fully saturated rings. The topological polar surface area (TPSA) is 51.2 Å². The van der Waals surface area contributed by atoms with Crippen molar-refractivity contribution in [3.05, 3.63) is 51.5 Å². The largest absolute Gasteiger partial charge is 0.462 e. The lowest BCUT2D eigenvalue weighted by Crippen LogP contribution is -2.10. The summed E-state index contributed by atoms with van der Waals surface area (Å²) in [5.74, 6) is -0.927. The molecule has 1 aromatic heterocycles. The number of benzene rings is 1. The predicted molar refractivity (Wildman–Crippen MR) is 84.6 cm³/mol. The summed E-state index contributed by atoms with van der Waals surface area (Å²) in [4.78, 5) is 15.8. The second kappa shape index (κ2) is 6.94.